The van der Waals surface area contributed by atoms with E-state index in [0.29, 0.717) is 36.9 Å². The average molecular weight is 425 g/mol. The highest BCUT2D eigenvalue weighted by molar-refractivity contribution is 5.92. The summed E-state index contributed by atoms with van der Waals surface area (Å²) in [4.78, 5) is 33.2. The Kier molecular flexibility index (Phi) is 7.02. The maximum atomic E-state index is 12.5. The standard InChI is InChI=1S/C24H32N4O3/c1-18-23(31-17-25-18)24(30)28-13-9-19(10-14-28)7-8-22(29)26-21-11-12-27(16-21)15-20-5-3-2-4-6-20/h2-6,17,19,21H,7-16H2,1H3,(H,26,29). The van der Waals surface area contributed by atoms with Crippen LogP contribution in [0, 0.1) is 12.8 Å². The van der Waals surface area contributed by atoms with E-state index in [-0.39, 0.29) is 17.9 Å². The van der Waals surface area contributed by atoms with Crippen LogP contribution in [0.3, 0.4) is 0 Å². The zero-order valence-electron chi connectivity index (χ0n) is 18.3. The molecule has 2 aromatic rings. The number of carbonyl (C=O) groups excluding carboxylic acids is 2. The minimum atomic E-state index is -0.0764. The topological polar surface area (TPSA) is 78.7 Å². The molecule has 1 N–H and O–H groups in total. The molecule has 2 aliphatic heterocycles. The number of likely N-dealkylation sites (tertiary alicyclic amines) is 2. The van der Waals surface area contributed by atoms with Gasteiger partial charge in [-0.25, -0.2) is 4.98 Å². The molecule has 3 heterocycles. The van der Waals surface area contributed by atoms with E-state index in [4.69, 9.17) is 4.42 Å². The Morgan fingerprint density at radius 2 is 1.90 bits per heavy atom. The fraction of sp³-hybridized carbons (Fsp3) is 0.542. The minimum Gasteiger partial charge on any atom is -0.438 e. The molecule has 0 aliphatic carbocycles. The molecule has 7 nitrogen and oxygen atoms in total. The number of aromatic nitrogens is 1. The summed E-state index contributed by atoms with van der Waals surface area (Å²) in [5.41, 5.74) is 1.95. The number of piperidine rings is 1. The zero-order valence-corrected chi connectivity index (χ0v) is 18.3. The van der Waals surface area contributed by atoms with Gasteiger partial charge in [-0.2, -0.15) is 0 Å². The van der Waals surface area contributed by atoms with Crippen LogP contribution in [0.25, 0.3) is 0 Å². The third-order valence-electron chi connectivity index (χ3n) is 6.51. The number of hydrogen-bond acceptors (Lipinski definition) is 5. The van der Waals surface area contributed by atoms with Gasteiger partial charge in [-0.05, 0) is 44.1 Å². The van der Waals surface area contributed by atoms with Crippen molar-refractivity contribution in [1.82, 2.24) is 20.1 Å². The second-order valence-corrected chi connectivity index (χ2v) is 8.81. The number of benzene rings is 1. The monoisotopic (exact) mass is 424 g/mol. The van der Waals surface area contributed by atoms with Gasteiger partial charge in [0.2, 0.25) is 11.7 Å². The van der Waals surface area contributed by atoms with Crippen LogP contribution in [0.15, 0.2) is 41.1 Å². The van der Waals surface area contributed by atoms with Crippen LogP contribution in [0.5, 0.6) is 0 Å². The van der Waals surface area contributed by atoms with Crippen LogP contribution < -0.4 is 5.32 Å². The number of hydrogen-bond donors (Lipinski definition) is 1. The number of nitrogens with zero attached hydrogens (tertiary/aromatic N) is 3. The highest BCUT2D eigenvalue weighted by atomic mass is 16.3. The molecule has 0 spiro atoms. The second-order valence-electron chi connectivity index (χ2n) is 8.81. The molecule has 1 aromatic heterocycles. The number of aryl methyl sites for hydroxylation is 1. The van der Waals surface area contributed by atoms with Crippen molar-refractivity contribution in [2.45, 2.75) is 51.6 Å². The molecular formula is C24H32N4O3. The summed E-state index contributed by atoms with van der Waals surface area (Å²) >= 11 is 0. The van der Waals surface area contributed by atoms with E-state index in [1.165, 1.54) is 12.0 Å². The van der Waals surface area contributed by atoms with E-state index < -0.39 is 0 Å². The van der Waals surface area contributed by atoms with Crippen LogP contribution in [-0.2, 0) is 11.3 Å². The summed E-state index contributed by atoms with van der Waals surface area (Å²) < 4.78 is 5.23. The van der Waals surface area contributed by atoms with Crippen molar-refractivity contribution < 1.29 is 14.0 Å². The van der Waals surface area contributed by atoms with E-state index in [1.54, 1.807) is 6.92 Å². The van der Waals surface area contributed by atoms with Crippen molar-refractivity contribution in [3.63, 3.8) is 0 Å². The molecule has 0 saturated carbocycles. The van der Waals surface area contributed by atoms with Gasteiger partial charge < -0.3 is 14.6 Å². The molecule has 0 bridgehead atoms. The van der Waals surface area contributed by atoms with E-state index in [1.807, 2.05) is 11.0 Å². The molecule has 1 unspecified atom stereocenters. The van der Waals surface area contributed by atoms with Gasteiger partial charge in [0.05, 0.1) is 5.69 Å². The number of nitrogens with one attached hydrogen (secondary N) is 1. The summed E-state index contributed by atoms with van der Waals surface area (Å²) in [5, 5.41) is 3.22. The highest BCUT2D eigenvalue weighted by Crippen LogP contribution is 2.24. The van der Waals surface area contributed by atoms with Crippen LogP contribution in [0.4, 0.5) is 0 Å². The number of rotatable bonds is 7. The maximum absolute atomic E-state index is 12.5. The maximum Gasteiger partial charge on any atom is 0.291 e. The largest absolute Gasteiger partial charge is 0.438 e. The summed E-state index contributed by atoms with van der Waals surface area (Å²) in [5.74, 6) is 0.911. The van der Waals surface area contributed by atoms with Crippen molar-refractivity contribution in [1.29, 1.82) is 0 Å². The van der Waals surface area contributed by atoms with Gasteiger partial charge in [0.1, 0.15) is 0 Å². The lowest BCUT2D eigenvalue weighted by Crippen LogP contribution is -2.39. The molecule has 2 aliphatic rings. The number of carbonyl (C=O) groups is 2. The average Bonchev–Trinajstić information content (AvgIpc) is 3.41. The fourth-order valence-corrected chi connectivity index (χ4v) is 4.65. The summed E-state index contributed by atoms with van der Waals surface area (Å²) in [6.07, 6.45) is 5.64. The molecule has 2 amide bonds. The lowest BCUT2D eigenvalue weighted by molar-refractivity contribution is -0.122. The molecule has 31 heavy (non-hydrogen) atoms. The molecule has 1 aromatic carbocycles. The van der Waals surface area contributed by atoms with E-state index in [2.05, 4.69) is 39.5 Å². The van der Waals surface area contributed by atoms with Crippen LogP contribution in [0.2, 0.25) is 0 Å². The number of amides is 2. The minimum absolute atomic E-state index is 0.0764. The summed E-state index contributed by atoms with van der Waals surface area (Å²) in [6.45, 7) is 6.09. The van der Waals surface area contributed by atoms with E-state index in [0.717, 1.165) is 45.3 Å². The first kappa shape index (κ1) is 21.6. The molecule has 7 heteroatoms. The lowest BCUT2D eigenvalue weighted by Gasteiger charge is -2.31. The van der Waals surface area contributed by atoms with Crippen LogP contribution in [-0.4, -0.2) is 58.8 Å². The molecule has 4 rings (SSSR count). The third kappa shape index (κ3) is 5.73. The quantitative estimate of drug-likeness (QED) is 0.739. The molecule has 1 atom stereocenters. The zero-order chi connectivity index (χ0) is 21.6. The number of oxazole rings is 1. The molecule has 166 valence electrons. The van der Waals surface area contributed by atoms with Crippen molar-refractivity contribution in [3.8, 4) is 0 Å². The lowest BCUT2D eigenvalue weighted by atomic mass is 9.92. The smallest absolute Gasteiger partial charge is 0.291 e. The van der Waals surface area contributed by atoms with Crippen LogP contribution >= 0.6 is 0 Å². The van der Waals surface area contributed by atoms with E-state index in [9.17, 15) is 9.59 Å². The Hall–Kier alpha value is -2.67. The van der Waals surface area contributed by atoms with Gasteiger partial charge in [-0.15, -0.1) is 0 Å². The van der Waals surface area contributed by atoms with Crippen molar-refractivity contribution in [2.24, 2.45) is 5.92 Å². The molecule has 0 radical (unpaired) electrons. The van der Waals surface area contributed by atoms with Gasteiger partial charge in [0, 0.05) is 45.2 Å². The van der Waals surface area contributed by atoms with Gasteiger partial charge in [0.25, 0.3) is 5.91 Å². The first-order chi connectivity index (χ1) is 15.1. The Morgan fingerprint density at radius 1 is 1.13 bits per heavy atom. The Bertz CT molecular complexity index is 874. The van der Waals surface area contributed by atoms with Gasteiger partial charge in [-0.3, -0.25) is 14.5 Å². The summed E-state index contributed by atoms with van der Waals surface area (Å²) in [7, 11) is 0. The predicted molar refractivity (Wildman–Crippen MR) is 117 cm³/mol. The third-order valence-corrected chi connectivity index (χ3v) is 6.51. The van der Waals surface area contributed by atoms with Gasteiger partial charge in [0.15, 0.2) is 6.39 Å². The van der Waals surface area contributed by atoms with Gasteiger partial charge >= 0.3 is 0 Å². The van der Waals surface area contributed by atoms with Gasteiger partial charge in [-0.1, -0.05) is 30.3 Å². The fourth-order valence-electron chi connectivity index (χ4n) is 4.65. The predicted octanol–water partition coefficient (Wildman–Crippen LogP) is 3.01. The summed E-state index contributed by atoms with van der Waals surface area (Å²) in [6, 6.07) is 10.7. The SMILES string of the molecule is Cc1ncoc1C(=O)N1CCC(CCC(=O)NC2CCN(Cc3ccccc3)C2)CC1. The Labute approximate surface area is 183 Å². The first-order valence-electron chi connectivity index (χ1n) is 11.3. The molecule has 2 fully saturated rings. The normalized spacial score (nSPS) is 20.2. The Balaban J connectivity index is 1.13. The van der Waals surface area contributed by atoms with Crippen molar-refractivity contribution in [3.05, 3.63) is 53.7 Å². The molecular weight excluding hydrogens is 392 g/mol. The van der Waals surface area contributed by atoms with Crippen LogP contribution in [0.1, 0.15) is 53.9 Å². The Morgan fingerprint density at radius 3 is 2.61 bits per heavy atom. The molecule has 2 saturated heterocycles. The van der Waals surface area contributed by atoms with Crippen molar-refractivity contribution >= 4 is 11.8 Å². The van der Waals surface area contributed by atoms with E-state index >= 15 is 0 Å². The first-order valence-corrected chi connectivity index (χ1v) is 11.3. The highest BCUT2D eigenvalue weighted by Gasteiger charge is 2.28. The van der Waals surface area contributed by atoms with Crippen molar-refractivity contribution in [2.75, 3.05) is 26.2 Å². The second kappa shape index (κ2) is 10.1.